The van der Waals surface area contributed by atoms with Crippen LogP contribution in [0, 0.1) is 5.92 Å². The van der Waals surface area contributed by atoms with E-state index in [4.69, 9.17) is 5.73 Å². The Morgan fingerprint density at radius 2 is 2.21 bits per heavy atom. The molecule has 2 atom stereocenters. The van der Waals surface area contributed by atoms with Crippen molar-refractivity contribution in [2.45, 2.75) is 44.7 Å². The van der Waals surface area contributed by atoms with E-state index in [0.717, 1.165) is 18.7 Å². The first kappa shape index (κ1) is 12.7. The Hall–Kier alpha value is -1.29. The number of likely N-dealkylation sites (tertiary alicyclic amines) is 1. The second-order valence-electron chi connectivity index (χ2n) is 5.95. The Labute approximate surface area is 114 Å². The van der Waals surface area contributed by atoms with Crippen LogP contribution in [0.15, 0.2) is 18.3 Å². The second-order valence-corrected chi connectivity index (χ2v) is 5.95. The van der Waals surface area contributed by atoms with Crippen molar-refractivity contribution in [3.63, 3.8) is 0 Å². The van der Waals surface area contributed by atoms with Gasteiger partial charge in [0.2, 0.25) is 0 Å². The molecule has 1 aliphatic carbocycles. The molecule has 2 aliphatic rings. The molecule has 0 radical (unpaired) electrons. The minimum atomic E-state index is 0.166. The van der Waals surface area contributed by atoms with E-state index in [0.29, 0.717) is 18.5 Å². The molecular weight excluding hydrogens is 238 g/mol. The third-order valence-corrected chi connectivity index (χ3v) is 4.56. The van der Waals surface area contributed by atoms with Gasteiger partial charge in [-0.3, -0.25) is 4.79 Å². The van der Waals surface area contributed by atoms with Gasteiger partial charge in [0, 0.05) is 31.4 Å². The van der Waals surface area contributed by atoms with Crippen molar-refractivity contribution in [2.24, 2.45) is 11.7 Å². The number of hydrogen-bond acceptors (Lipinski definition) is 2. The maximum atomic E-state index is 12.8. The number of nitrogens with zero attached hydrogens (tertiary/aromatic N) is 2. The van der Waals surface area contributed by atoms with Crippen LogP contribution in [-0.2, 0) is 0 Å². The maximum absolute atomic E-state index is 12.8. The van der Waals surface area contributed by atoms with E-state index in [2.05, 4.69) is 11.5 Å². The van der Waals surface area contributed by atoms with Crippen LogP contribution in [0.4, 0.5) is 0 Å². The van der Waals surface area contributed by atoms with Crippen LogP contribution >= 0.6 is 0 Å². The molecular formula is C15H23N3O. The second kappa shape index (κ2) is 5.00. The van der Waals surface area contributed by atoms with E-state index < -0.39 is 0 Å². The molecule has 1 aromatic heterocycles. The molecule has 2 unspecified atom stereocenters. The van der Waals surface area contributed by atoms with Gasteiger partial charge in [-0.15, -0.1) is 0 Å². The van der Waals surface area contributed by atoms with E-state index in [1.54, 1.807) is 0 Å². The number of aromatic nitrogens is 1. The zero-order valence-corrected chi connectivity index (χ0v) is 11.6. The van der Waals surface area contributed by atoms with Crippen molar-refractivity contribution >= 4 is 5.91 Å². The van der Waals surface area contributed by atoms with Gasteiger partial charge < -0.3 is 15.2 Å². The monoisotopic (exact) mass is 261 g/mol. The summed E-state index contributed by atoms with van der Waals surface area (Å²) in [4.78, 5) is 14.8. The minimum absolute atomic E-state index is 0.166. The lowest BCUT2D eigenvalue weighted by atomic mass is 9.90. The Kier molecular flexibility index (Phi) is 3.35. The van der Waals surface area contributed by atoms with Crippen LogP contribution in [0.1, 0.15) is 49.1 Å². The number of carbonyl (C=O) groups is 1. The van der Waals surface area contributed by atoms with Crippen molar-refractivity contribution in [2.75, 3.05) is 13.1 Å². The molecule has 0 bridgehead atoms. The van der Waals surface area contributed by atoms with Gasteiger partial charge >= 0.3 is 0 Å². The van der Waals surface area contributed by atoms with E-state index in [1.807, 2.05) is 23.2 Å². The van der Waals surface area contributed by atoms with Crippen molar-refractivity contribution in [1.29, 1.82) is 0 Å². The third-order valence-electron chi connectivity index (χ3n) is 4.56. The van der Waals surface area contributed by atoms with Crippen LogP contribution in [0.25, 0.3) is 0 Å². The summed E-state index contributed by atoms with van der Waals surface area (Å²) < 4.78 is 2.15. The van der Waals surface area contributed by atoms with Crippen LogP contribution in [0.5, 0.6) is 0 Å². The van der Waals surface area contributed by atoms with E-state index in [1.165, 1.54) is 19.3 Å². The molecule has 4 nitrogen and oxygen atoms in total. The smallest absolute Gasteiger partial charge is 0.270 e. The summed E-state index contributed by atoms with van der Waals surface area (Å²) in [5, 5.41) is 0. The molecule has 0 spiro atoms. The summed E-state index contributed by atoms with van der Waals surface area (Å²) in [5.41, 5.74) is 6.73. The molecule has 104 valence electrons. The fourth-order valence-corrected chi connectivity index (χ4v) is 3.25. The summed E-state index contributed by atoms with van der Waals surface area (Å²) in [6.07, 6.45) is 6.70. The highest BCUT2D eigenvalue weighted by Gasteiger charge is 2.34. The predicted molar refractivity (Wildman–Crippen MR) is 75.0 cm³/mol. The Morgan fingerprint density at radius 1 is 1.42 bits per heavy atom. The summed E-state index contributed by atoms with van der Waals surface area (Å²) in [6.45, 7) is 3.62. The highest BCUT2D eigenvalue weighted by Crippen LogP contribution is 2.36. The normalized spacial score (nSPS) is 27.6. The third kappa shape index (κ3) is 2.29. The SMILES string of the molecule is CC1CCCN(C(=O)c2cccn2C2CC2)C1CN. The molecule has 19 heavy (non-hydrogen) atoms. The van der Waals surface area contributed by atoms with Crippen molar-refractivity contribution in [3.05, 3.63) is 24.0 Å². The van der Waals surface area contributed by atoms with E-state index >= 15 is 0 Å². The first-order valence-electron chi connectivity index (χ1n) is 7.40. The molecule has 3 rings (SSSR count). The number of amides is 1. The van der Waals surface area contributed by atoms with Crippen LogP contribution in [0.3, 0.4) is 0 Å². The predicted octanol–water partition coefficient (Wildman–Crippen LogP) is 2.02. The van der Waals surface area contributed by atoms with Crippen molar-refractivity contribution < 1.29 is 4.79 Å². The molecule has 2 N–H and O–H groups in total. The lowest BCUT2D eigenvalue weighted by Gasteiger charge is -2.39. The topological polar surface area (TPSA) is 51.3 Å². The van der Waals surface area contributed by atoms with Gasteiger partial charge in [-0.1, -0.05) is 6.92 Å². The van der Waals surface area contributed by atoms with Gasteiger partial charge in [0.25, 0.3) is 5.91 Å². The van der Waals surface area contributed by atoms with Gasteiger partial charge in [0.05, 0.1) is 0 Å². The summed E-state index contributed by atoms with van der Waals surface area (Å²) in [7, 11) is 0. The number of nitrogens with two attached hydrogens (primary N) is 1. The van der Waals surface area contributed by atoms with Gasteiger partial charge in [0.1, 0.15) is 5.69 Å². The van der Waals surface area contributed by atoms with Crippen molar-refractivity contribution in [3.8, 4) is 0 Å². The average molecular weight is 261 g/mol. The lowest BCUT2D eigenvalue weighted by molar-refractivity contribution is 0.0521. The minimum Gasteiger partial charge on any atom is -0.340 e. The Bertz CT molecular complexity index is 464. The fourth-order valence-electron chi connectivity index (χ4n) is 3.25. The summed E-state index contributed by atoms with van der Waals surface area (Å²) in [5.74, 6) is 0.672. The first-order chi connectivity index (χ1) is 9.22. The molecule has 2 heterocycles. The Balaban J connectivity index is 1.83. The highest BCUT2D eigenvalue weighted by molar-refractivity contribution is 5.93. The highest BCUT2D eigenvalue weighted by atomic mass is 16.2. The number of hydrogen-bond donors (Lipinski definition) is 1. The van der Waals surface area contributed by atoms with Crippen LogP contribution in [0.2, 0.25) is 0 Å². The van der Waals surface area contributed by atoms with Gasteiger partial charge in [-0.25, -0.2) is 0 Å². The largest absolute Gasteiger partial charge is 0.340 e. The maximum Gasteiger partial charge on any atom is 0.270 e. The number of carbonyl (C=O) groups excluding carboxylic acids is 1. The zero-order valence-electron chi connectivity index (χ0n) is 11.6. The molecule has 1 aliphatic heterocycles. The number of rotatable bonds is 3. The van der Waals surface area contributed by atoms with E-state index in [9.17, 15) is 4.79 Å². The van der Waals surface area contributed by atoms with Gasteiger partial charge in [0.15, 0.2) is 0 Å². The molecule has 0 aromatic carbocycles. The quantitative estimate of drug-likeness (QED) is 0.905. The molecule has 1 saturated heterocycles. The van der Waals surface area contributed by atoms with E-state index in [-0.39, 0.29) is 11.9 Å². The standard InChI is InChI=1S/C15H23N3O/c1-11-4-2-9-18(14(11)10-16)15(19)13-5-3-8-17(13)12-6-7-12/h3,5,8,11-12,14H,2,4,6-7,9-10,16H2,1H3. The molecule has 4 heteroatoms. The average Bonchev–Trinajstić information content (AvgIpc) is 3.15. The molecule has 1 aromatic rings. The Morgan fingerprint density at radius 3 is 2.89 bits per heavy atom. The van der Waals surface area contributed by atoms with Crippen LogP contribution in [-0.4, -0.2) is 34.5 Å². The lowest BCUT2D eigenvalue weighted by Crippen LogP contribution is -2.51. The van der Waals surface area contributed by atoms with Crippen LogP contribution < -0.4 is 5.73 Å². The molecule has 1 saturated carbocycles. The summed E-state index contributed by atoms with van der Waals surface area (Å²) >= 11 is 0. The van der Waals surface area contributed by atoms with Crippen molar-refractivity contribution in [1.82, 2.24) is 9.47 Å². The molecule has 1 amide bonds. The first-order valence-corrected chi connectivity index (χ1v) is 7.40. The molecule has 2 fully saturated rings. The van der Waals surface area contributed by atoms with Gasteiger partial charge in [-0.05, 0) is 43.7 Å². The summed E-state index contributed by atoms with van der Waals surface area (Å²) in [6, 6.07) is 4.68. The fraction of sp³-hybridized carbons (Fsp3) is 0.667. The van der Waals surface area contributed by atoms with Gasteiger partial charge in [-0.2, -0.15) is 0 Å². The number of piperidine rings is 1. The zero-order chi connectivity index (χ0) is 13.4.